The van der Waals surface area contributed by atoms with Crippen LogP contribution < -0.4 is 5.73 Å². The highest BCUT2D eigenvalue weighted by Gasteiger charge is 2.39. The molecule has 3 aromatic rings. The molecule has 0 bridgehead atoms. The van der Waals surface area contributed by atoms with Crippen LogP contribution in [0.2, 0.25) is 0 Å². The summed E-state index contributed by atoms with van der Waals surface area (Å²) >= 11 is 0. The van der Waals surface area contributed by atoms with Crippen molar-refractivity contribution < 1.29 is 4.52 Å². The summed E-state index contributed by atoms with van der Waals surface area (Å²) in [5.41, 5.74) is 8.16. The Bertz CT molecular complexity index is 803. The molecule has 0 unspecified atom stereocenters. The molecule has 2 N–H and O–H groups in total. The minimum Gasteiger partial charge on any atom is -0.332 e. The highest BCUT2D eigenvalue weighted by atomic mass is 16.5. The van der Waals surface area contributed by atoms with Crippen molar-refractivity contribution in [1.82, 2.24) is 25.1 Å². The molecule has 2 aromatic heterocycles. The maximum Gasteiger partial charge on any atom is 0.280 e. The molecule has 0 radical (unpaired) electrons. The van der Waals surface area contributed by atoms with Crippen molar-refractivity contribution in [1.29, 1.82) is 0 Å². The molecule has 7 heteroatoms. The van der Waals surface area contributed by atoms with Gasteiger partial charge >= 0.3 is 0 Å². The molecule has 1 aliphatic rings. The van der Waals surface area contributed by atoms with Gasteiger partial charge in [-0.15, -0.1) is 5.10 Å². The van der Waals surface area contributed by atoms with E-state index in [4.69, 9.17) is 10.3 Å². The Hall–Kier alpha value is -2.54. The fourth-order valence-electron chi connectivity index (χ4n) is 2.64. The summed E-state index contributed by atoms with van der Waals surface area (Å²) in [5, 5.41) is 12.4. The zero-order valence-electron chi connectivity index (χ0n) is 12.2. The van der Waals surface area contributed by atoms with E-state index in [1.165, 1.54) is 0 Å². The number of benzene rings is 1. The zero-order valence-corrected chi connectivity index (χ0v) is 12.2. The van der Waals surface area contributed by atoms with Crippen molar-refractivity contribution in [3.63, 3.8) is 0 Å². The smallest absolute Gasteiger partial charge is 0.280 e. The van der Waals surface area contributed by atoms with Crippen molar-refractivity contribution in [3.05, 3.63) is 41.9 Å². The Balaban J connectivity index is 1.71. The lowest BCUT2D eigenvalue weighted by molar-refractivity contribution is 0.229. The number of aromatic nitrogens is 5. The minimum atomic E-state index is -0.439. The van der Waals surface area contributed by atoms with Crippen LogP contribution in [0.5, 0.6) is 0 Å². The van der Waals surface area contributed by atoms with Gasteiger partial charge in [0.2, 0.25) is 0 Å². The highest BCUT2D eigenvalue weighted by Crippen LogP contribution is 2.37. The van der Waals surface area contributed by atoms with Gasteiger partial charge in [-0.1, -0.05) is 28.6 Å². The van der Waals surface area contributed by atoms with Crippen LogP contribution in [0.15, 0.2) is 34.9 Å². The van der Waals surface area contributed by atoms with Crippen LogP contribution in [0, 0.1) is 6.92 Å². The van der Waals surface area contributed by atoms with Crippen LogP contribution in [-0.2, 0) is 5.54 Å². The van der Waals surface area contributed by atoms with Gasteiger partial charge in [0.25, 0.3) is 5.89 Å². The highest BCUT2D eigenvalue weighted by molar-refractivity contribution is 5.51. The van der Waals surface area contributed by atoms with E-state index in [-0.39, 0.29) is 0 Å². The molecule has 0 amide bonds. The van der Waals surface area contributed by atoms with Gasteiger partial charge in [-0.25, -0.2) is 4.68 Å². The van der Waals surface area contributed by atoms with E-state index in [0.29, 0.717) is 17.4 Å². The second-order valence-electron chi connectivity index (χ2n) is 5.70. The molecule has 1 fully saturated rings. The summed E-state index contributed by atoms with van der Waals surface area (Å²) in [6.07, 6.45) is 2.88. The van der Waals surface area contributed by atoms with Crippen LogP contribution in [0.25, 0.3) is 17.3 Å². The fraction of sp³-hybridized carbons (Fsp3) is 0.333. The van der Waals surface area contributed by atoms with E-state index in [1.54, 1.807) is 4.68 Å². The first kappa shape index (κ1) is 13.1. The number of hydrogen-bond donors (Lipinski definition) is 1. The average Bonchev–Trinajstić information content (AvgIpc) is 3.12. The van der Waals surface area contributed by atoms with Crippen molar-refractivity contribution >= 4 is 0 Å². The molecule has 112 valence electrons. The maximum absolute atomic E-state index is 6.22. The van der Waals surface area contributed by atoms with Crippen LogP contribution in [0.1, 0.15) is 30.8 Å². The number of nitrogens with two attached hydrogens (primary N) is 1. The van der Waals surface area contributed by atoms with Crippen LogP contribution in [-0.4, -0.2) is 25.1 Å². The van der Waals surface area contributed by atoms with Crippen molar-refractivity contribution in [2.75, 3.05) is 0 Å². The average molecular weight is 296 g/mol. The molecular weight excluding hydrogens is 280 g/mol. The van der Waals surface area contributed by atoms with E-state index < -0.39 is 5.54 Å². The van der Waals surface area contributed by atoms with E-state index in [0.717, 1.165) is 30.6 Å². The monoisotopic (exact) mass is 296 g/mol. The quantitative estimate of drug-likeness (QED) is 0.793. The molecule has 1 aliphatic carbocycles. The third-order valence-corrected chi connectivity index (χ3v) is 4.22. The summed E-state index contributed by atoms with van der Waals surface area (Å²) in [6, 6.07) is 9.80. The second-order valence-corrected chi connectivity index (χ2v) is 5.70. The number of nitrogens with zero attached hydrogens (tertiary/aromatic N) is 5. The Labute approximate surface area is 127 Å². The van der Waals surface area contributed by atoms with E-state index in [1.807, 2.05) is 37.3 Å². The number of rotatable bonds is 3. The number of hydrogen-bond acceptors (Lipinski definition) is 6. The zero-order chi connectivity index (χ0) is 15.2. The molecule has 4 rings (SSSR count). The van der Waals surface area contributed by atoms with E-state index >= 15 is 0 Å². The SMILES string of the molecule is Cc1c(-c2nc(C3(N)CCC3)no2)nnn1-c1ccccc1. The predicted molar refractivity (Wildman–Crippen MR) is 79.1 cm³/mol. The lowest BCUT2D eigenvalue weighted by atomic mass is 9.77. The summed E-state index contributed by atoms with van der Waals surface area (Å²) in [4.78, 5) is 4.42. The molecule has 0 aliphatic heterocycles. The van der Waals surface area contributed by atoms with Crippen molar-refractivity contribution in [2.45, 2.75) is 31.7 Å². The number of para-hydroxylation sites is 1. The molecule has 22 heavy (non-hydrogen) atoms. The third kappa shape index (κ3) is 1.93. The van der Waals surface area contributed by atoms with Gasteiger partial charge in [0.05, 0.1) is 16.9 Å². The molecule has 2 heterocycles. The van der Waals surface area contributed by atoms with Crippen molar-refractivity contribution in [2.24, 2.45) is 5.73 Å². The molecule has 0 atom stereocenters. The van der Waals surface area contributed by atoms with Crippen molar-refractivity contribution in [3.8, 4) is 17.3 Å². The summed E-state index contributed by atoms with van der Waals surface area (Å²) in [7, 11) is 0. The Kier molecular flexibility index (Phi) is 2.83. The topological polar surface area (TPSA) is 95.7 Å². The Morgan fingerprint density at radius 3 is 2.68 bits per heavy atom. The lowest BCUT2D eigenvalue weighted by Crippen LogP contribution is -2.44. The van der Waals surface area contributed by atoms with Gasteiger partial charge in [0, 0.05) is 0 Å². The second kappa shape index (κ2) is 4.74. The minimum absolute atomic E-state index is 0.367. The molecule has 1 aromatic carbocycles. The lowest BCUT2D eigenvalue weighted by Gasteiger charge is -2.34. The van der Waals surface area contributed by atoms with Crippen LogP contribution in [0.4, 0.5) is 0 Å². The first-order valence-electron chi connectivity index (χ1n) is 7.28. The van der Waals surface area contributed by atoms with Gasteiger partial charge in [0.15, 0.2) is 11.5 Å². The van der Waals surface area contributed by atoms with E-state index in [9.17, 15) is 0 Å². The largest absolute Gasteiger partial charge is 0.332 e. The third-order valence-electron chi connectivity index (χ3n) is 4.22. The van der Waals surface area contributed by atoms with E-state index in [2.05, 4.69) is 20.5 Å². The summed E-state index contributed by atoms with van der Waals surface area (Å²) in [6.45, 7) is 1.92. The normalized spacial score (nSPS) is 16.5. The first-order chi connectivity index (χ1) is 10.7. The Morgan fingerprint density at radius 2 is 2.00 bits per heavy atom. The molecular formula is C15H16N6O. The molecule has 0 saturated heterocycles. The summed E-state index contributed by atoms with van der Waals surface area (Å²) in [5.74, 6) is 0.925. The van der Waals surface area contributed by atoms with Crippen LogP contribution >= 0.6 is 0 Å². The van der Waals surface area contributed by atoms with Crippen LogP contribution in [0.3, 0.4) is 0 Å². The first-order valence-corrected chi connectivity index (χ1v) is 7.28. The fourth-order valence-corrected chi connectivity index (χ4v) is 2.64. The standard InChI is InChI=1S/C15H16N6O/c1-10-12(18-20-21(10)11-6-3-2-4-7-11)13-17-14(19-22-13)15(16)8-5-9-15/h2-4,6-7H,5,8-9,16H2,1H3. The predicted octanol–water partition coefficient (Wildman–Crippen LogP) is 1.96. The van der Waals surface area contributed by atoms with Gasteiger partial charge in [0.1, 0.15) is 0 Å². The van der Waals surface area contributed by atoms with Gasteiger partial charge in [-0.2, -0.15) is 4.98 Å². The maximum atomic E-state index is 6.22. The molecule has 1 saturated carbocycles. The molecule has 0 spiro atoms. The van der Waals surface area contributed by atoms with Gasteiger partial charge in [-0.05, 0) is 38.3 Å². The van der Waals surface area contributed by atoms with Gasteiger partial charge in [-0.3, -0.25) is 0 Å². The Morgan fingerprint density at radius 1 is 1.23 bits per heavy atom. The summed E-state index contributed by atoms with van der Waals surface area (Å²) < 4.78 is 7.10. The van der Waals surface area contributed by atoms with Gasteiger partial charge < -0.3 is 10.3 Å². The molecule has 7 nitrogen and oxygen atoms in total.